The van der Waals surface area contributed by atoms with Crippen molar-refractivity contribution in [3.8, 4) is 11.1 Å². The first-order chi connectivity index (χ1) is 11.0. The van der Waals surface area contributed by atoms with Crippen molar-refractivity contribution in [1.82, 2.24) is 10.1 Å². The van der Waals surface area contributed by atoms with E-state index in [9.17, 15) is 4.39 Å². The maximum Gasteiger partial charge on any atom is 0.243 e. The number of aromatic nitrogens is 2. The molecule has 1 aromatic heterocycles. The van der Waals surface area contributed by atoms with Gasteiger partial charge in [-0.25, -0.2) is 4.39 Å². The first-order valence-electron chi connectivity index (χ1n) is 7.13. The Balaban J connectivity index is 1.83. The van der Waals surface area contributed by atoms with E-state index in [0.29, 0.717) is 18.1 Å². The van der Waals surface area contributed by atoms with Gasteiger partial charge >= 0.3 is 0 Å². The fourth-order valence-corrected chi connectivity index (χ4v) is 2.54. The predicted octanol–water partition coefficient (Wildman–Crippen LogP) is 4.08. The van der Waals surface area contributed by atoms with Crippen LogP contribution in [0.4, 0.5) is 4.39 Å². The molecule has 6 heteroatoms. The summed E-state index contributed by atoms with van der Waals surface area (Å²) < 4.78 is 18.4. The van der Waals surface area contributed by atoms with Crippen LogP contribution in [0.5, 0.6) is 0 Å². The summed E-state index contributed by atoms with van der Waals surface area (Å²) in [5, 5.41) is 3.85. The molecule has 0 bridgehead atoms. The summed E-state index contributed by atoms with van der Waals surface area (Å²) in [4.78, 5) is 4.15. The molecule has 3 aromatic rings. The summed E-state index contributed by atoms with van der Waals surface area (Å²) in [7, 11) is 0. The Morgan fingerprint density at radius 3 is 2.70 bits per heavy atom. The largest absolute Gasteiger partial charge is 0.338 e. The van der Waals surface area contributed by atoms with Crippen LogP contribution in [0.2, 0.25) is 5.02 Å². The molecule has 1 atom stereocenters. The van der Waals surface area contributed by atoms with E-state index in [1.54, 1.807) is 19.1 Å². The monoisotopic (exact) mass is 331 g/mol. The molecule has 0 aliphatic rings. The third kappa shape index (κ3) is 3.57. The Labute approximate surface area is 138 Å². The lowest BCUT2D eigenvalue weighted by atomic mass is 9.99. The molecule has 1 heterocycles. The maximum absolute atomic E-state index is 13.3. The van der Waals surface area contributed by atoms with Gasteiger partial charge in [-0.1, -0.05) is 47.1 Å². The lowest BCUT2D eigenvalue weighted by Gasteiger charge is -2.09. The summed E-state index contributed by atoms with van der Waals surface area (Å²) in [6, 6.07) is 12.1. The van der Waals surface area contributed by atoms with Crippen LogP contribution in [-0.4, -0.2) is 10.1 Å². The fraction of sp³-hybridized carbons (Fsp3) is 0.176. The Bertz CT molecular complexity index is 834. The SMILES string of the molecule is Cc1noc([C@H](N)Cc2cccc(-c3ccc(F)c(Cl)c3)c2)n1. The molecule has 23 heavy (non-hydrogen) atoms. The highest BCUT2D eigenvalue weighted by Gasteiger charge is 2.14. The van der Waals surface area contributed by atoms with E-state index in [1.807, 2.05) is 24.3 Å². The third-order valence-electron chi connectivity index (χ3n) is 3.50. The summed E-state index contributed by atoms with van der Waals surface area (Å²) >= 11 is 5.85. The van der Waals surface area contributed by atoms with E-state index >= 15 is 0 Å². The van der Waals surface area contributed by atoms with Gasteiger partial charge in [0.1, 0.15) is 5.82 Å². The summed E-state index contributed by atoms with van der Waals surface area (Å²) in [5.41, 5.74) is 8.92. The van der Waals surface area contributed by atoms with E-state index in [-0.39, 0.29) is 11.1 Å². The quantitative estimate of drug-likeness (QED) is 0.782. The molecular weight excluding hydrogens is 317 g/mol. The fourth-order valence-electron chi connectivity index (χ4n) is 2.36. The number of hydrogen-bond acceptors (Lipinski definition) is 4. The van der Waals surface area contributed by atoms with Gasteiger partial charge in [0.25, 0.3) is 0 Å². The van der Waals surface area contributed by atoms with Gasteiger partial charge in [0.2, 0.25) is 5.89 Å². The number of nitrogens with zero attached hydrogens (tertiary/aromatic N) is 2. The molecule has 3 rings (SSSR count). The average molecular weight is 332 g/mol. The molecule has 0 saturated carbocycles. The minimum atomic E-state index is -0.430. The molecule has 4 nitrogen and oxygen atoms in total. The van der Waals surface area contributed by atoms with E-state index in [2.05, 4.69) is 10.1 Å². The average Bonchev–Trinajstić information content (AvgIpc) is 2.97. The minimum Gasteiger partial charge on any atom is -0.338 e. The third-order valence-corrected chi connectivity index (χ3v) is 3.79. The van der Waals surface area contributed by atoms with Crippen molar-refractivity contribution in [2.45, 2.75) is 19.4 Å². The maximum atomic E-state index is 13.3. The van der Waals surface area contributed by atoms with E-state index in [1.165, 1.54) is 6.07 Å². The second-order valence-electron chi connectivity index (χ2n) is 5.32. The van der Waals surface area contributed by atoms with Crippen LogP contribution in [0.3, 0.4) is 0 Å². The second-order valence-corrected chi connectivity index (χ2v) is 5.73. The smallest absolute Gasteiger partial charge is 0.243 e. The molecule has 0 spiro atoms. The number of benzene rings is 2. The number of hydrogen-bond donors (Lipinski definition) is 1. The van der Waals surface area contributed by atoms with E-state index in [0.717, 1.165) is 16.7 Å². The van der Waals surface area contributed by atoms with Crippen LogP contribution >= 0.6 is 11.6 Å². The minimum absolute atomic E-state index is 0.103. The van der Waals surface area contributed by atoms with Crippen LogP contribution in [0, 0.1) is 12.7 Å². The number of halogens is 2. The summed E-state index contributed by atoms with van der Waals surface area (Å²) in [5.74, 6) is 0.545. The van der Waals surface area contributed by atoms with Crippen LogP contribution in [0.15, 0.2) is 47.0 Å². The van der Waals surface area contributed by atoms with Crippen molar-refractivity contribution < 1.29 is 8.91 Å². The molecule has 0 aliphatic heterocycles. The molecule has 0 radical (unpaired) electrons. The standard InChI is InChI=1S/C17H15ClFN3O/c1-10-21-17(23-22-10)16(20)8-11-3-2-4-12(7-11)13-5-6-15(19)14(18)9-13/h2-7,9,16H,8,20H2,1H3/t16-/m1/s1. The number of rotatable bonds is 4. The highest BCUT2D eigenvalue weighted by molar-refractivity contribution is 6.31. The van der Waals surface area contributed by atoms with Gasteiger partial charge in [-0.15, -0.1) is 0 Å². The van der Waals surface area contributed by atoms with Gasteiger partial charge in [-0.05, 0) is 42.2 Å². The molecule has 0 fully saturated rings. The molecule has 0 saturated heterocycles. The first-order valence-corrected chi connectivity index (χ1v) is 7.51. The lowest BCUT2D eigenvalue weighted by Crippen LogP contribution is -2.13. The van der Waals surface area contributed by atoms with Crippen LogP contribution in [-0.2, 0) is 6.42 Å². The van der Waals surface area contributed by atoms with Crippen LogP contribution < -0.4 is 5.73 Å². The Morgan fingerprint density at radius 2 is 2.00 bits per heavy atom. The Kier molecular flexibility index (Phi) is 4.41. The van der Waals surface area contributed by atoms with Crippen molar-refractivity contribution in [2.75, 3.05) is 0 Å². The Hall–Kier alpha value is -2.24. The van der Waals surface area contributed by atoms with Crippen LogP contribution in [0.1, 0.15) is 23.3 Å². The van der Waals surface area contributed by atoms with Gasteiger partial charge in [0, 0.05) is 0 Å². The molecule has 0 unspecified atom stereocenters. The van der Waals surface area contributed by atoms with Gasteiger partial charge in [0.15, 0.2) is 5.82 Å². The molecule has 118 valence electrons. The zero-order valence-electron chi connectivity index (χ0n) is 12.5. The highest BCUT2D eigenvalue weighted by Crippen LogP contribution is 2.26. The number of aryl methyl sites for hydroxylation is 1. The van der Waals surface area contributed by atoms with Crippen molar-refractivity contribution in [1.29, 1.82) is 0 Å². The molecule has 2 aromatic carbocycles. The van der Waals surface area contributed by atoms with Gasteiger partial charge in [0.05, 0.1) is 11.1 Å². The molecule has 2 N–H and O–H groups in total. The van der Waals surface area contributed by atoms with Crippen LogP contribution in [0.25, 0.3) is 11.1 Å². The van der Waals surface area contributed by atoms with Crippen molar-refractivity contribution >= 4 is 11.6 Å². The normalized spacial score (nSPS) is 12.3. The van der Waals surface area contributed by atoms with Gasteiger partial charge in [-0.3, -0.25) is 0 Å². The van der Waals surface area contributed by atoms with E-state index < -0.39 is 5.82 Å². The molecular formula is C17H15ClFN3O. The van der Waals surface area contributed by atoms with Crippen molar-refractivity contribution in [3.63, 3.8) is 0 Å². The van der Waals surface area contributed by atoms with Gasteiger partial charge < -0.3 is 10.3 Å². The molecule has 0 aliphatic carbocycles. The number of nitrogens with two attached hydrogens (primary N) is 1. The van der Waals surface area contributed by atoms with Gasteiger partial charge in [-0.2, -0.15) is 4.98 Å². The Morgan fingerprint density at radius 1 is 1.22 bits per heavy atom. The summed E-state index contributed by atoms with van der Waals surface area (Å²) in [6.07, 6.45) is 0.560. The highest BCUT2D eigenvalue weighted by atomic mass is 35.5. The topological polar surface area (TPSA) is 64.9 Å². The predicted molar refractivity (Wildman–Crippen MR) is 86.5 cm³/mol. The van der Waals surface area contributed by atoms with E-state index in [4.69, 9.17) is 21.9 Å². The summed E-state index contributed by atoms with van der Waals surface area (Å²) in [6.45, 7) is 1.75. The van der Waals surface area contributed by atoms with Crippen molar-refractivity contribution in [3.05, 3.63) is 70.6 Å². The zero-order valence-corrected chi connectivity index (χ0v) is 13.2. The second kappa shape index (κ2) is 6.48. The van der Waals surface area contributed by atoms with Crippen molar-refractivity contribution in [2.24, 2.45) is 5.73 Å². The lowest BCUT2D eigenvalue weighted by molar-refractivity contribution is 0.351. The first kappa shape index (κ1) is 15.6. The molecule has 0 amide bonds. The zero-order chi connectivity index (χ0) is 16.4.